The first-order valence-corrected chi connectivity index (χ1v) is 7.68. The standard InChI is InChI=1S/C15H16N2O2S/c1-2-19-15(18)11-6-3-7-12-13(11)17-14(20-12)10-5-4-8-16-9-10/h4-5,8-9,11H,2-3,6-7H2,1H3. The second-order valence-corrected chi connectivity index (χ2v) is 5.85. The Morgan fingerprint density at radius 1 is 1.55 bits per heavy atom. The van der Waals surface area contributed by atoms with Crippen molar-refractivity contribution in [2.45, 2.75) is 32.1 Å². The Morgan fingerprint density at radius 3 is 3.20 bits per heavy atom. The molecule has 0 aromatic carbocycles. The summed E-state index contributed by atoms with van der Waals surface area (Å²) in [6.07, 6.45) is 6.42. The fourth-order valence-electron chi connectivity index (χ4n) is 2.50. The Hall–Kier alpha value is -1.75. The summed E-state index contributed by atoms with van der Waals surface area (Å²) in [5, 5.41) is 0.944. The Labute approximate surface area is 121 Å². The van der Waals surface area contributed by atoms with Crippen molar-refractivity contribution in [3.8, 4) is 10.6 Å². The monoisotopic (exact) mass is 288 g/mol. The van der Waals surface area contributed by atoms with E-state index in [-0.39, 0.29) is 11.9 Å². The van der Waals surface area contributed by atoms with Crippen molar-refractivity contribution < 1.29 is 9.53 Å². The van der Waals surface area contributed by atoms with Crippen LogP contribution in [0.5, 0.6) is 0 Å². The molecule has 0 saturated heterocycles. The lowest BCUT2D eigenvalue weighted by Crippen LogP contribution is -2.20. The van der Waals surface area contributed by atoms with E-state index in [1.807, 2.05) is 25.3 Å². The molecule has 0 amide bonds. The third-order valence-corrected chi connectivity index (χ3v) is 4.61. The SMILES string of the molecule is CCOC(=O)C1CCCc2sc(-c3cccnc3)nc21. The van der Waals surface area contributed by atoms with Crippen LogP contribution >= 0.6 is 11.3 Å². The van der Waals surface area contributed by atoms with Gasteiger partial charge in [-0.2, -0.15) is 0 Å². The lowest BCUT2D eigenvalue weighted by atomic mass is 9.91. The number of carbonyl (C=O) groups excluding carboxylic acids is 1. The van der Waals surface area contributed by atoms with Crippen LogP contribution in [0.25, 0.3) is 10.6 Å². The van der Waals surface area contributed by atoms with Gasteiger partial charge in [-0.05, 0) is 38.3 Å². The highest BCUT2D eigenvalue weighted by molar-refractivity contribution is 7.15. The molecular weight excluding hydrogens is 272 g/mol. The molecule has 2 aromatic heterocycles. The van der Waals surface area contributed by atoms with Gasteiger partial charge in [-0.25, -0.2) is 4.98 Å². The number of fused-ring (bicyclic) bond motifs is 1. The molecule has 1 unspecified atom stereocenters. The number of carbonyl (C=O) groups is 1. The van der Waals surface area contributed by atoms with Crippen molar-refractivity contribution >= 4 is 17.3 Å². The van der Waals surface area contributed by atoms with E-state index in [0.717, 1.165) is 35.5 Å². The quantitative estimate of drug-likeness (QED) is 0.814. The summed E-state index contributed by atoms with van der Waals surface area (Å²) in [6.45, 7) is 2.26. The molecule has 0 aliphatic heterocycles. The summed E-state index contributed by atoms with van der Waals surface area (Å²) < 4.78 is 5.17. The fourth-order valence-corrected chi connectivity index (χ4v) is 3.66. The predicted molar refractivity (Wildman–Crippen MR) is 77.7 cm³/mol. The van der Waals surface area contributed by atoms with Crippen LogP contribution < -0.4 is 0 Å². The van der Waals surface area contributed by atoms with Crippen LogP contribution in [0.1, 0.15) is 36.3 Å². The smallest absolute Gasteiger partial charge is 0.315 e. The molecule has 1 aliphatic rings. The zero-order valence-electron chi connectivity index (χ0n) is 11.3. The largest absolute Gasteiger partial charge is 0.465 e. The van der Waals surface area contributed by atoms with E-state index in [4.69, 9.17) is 4.74 Å². The van der Waals surface area contributed by atoms with Crippen LogP contribution in [-0.4, -0.2) is 22.5 Å². The number of aryl methyl sites for hydroxylation is 1. The molecule has 5 heteroatoms. The van der Waals surface area contributed by atoms with Crippen molar-refractivity contribution in [1.29, 1.82) is 0 Å². The molecule has 1 aliphatic carbocycles. The van der Waals surface area contributed by atoms with Crippen molar-refractivity contribution in [3.63, 3.8) is 0 Å². The maximum absolute atomic E-state index is 12.0. The maximum Gasteiger partial charge on any atom is 0.315 e. The summed E-state index contributed by atoms with van der Waals surface area (Å²) in [5.74, 6) is -0.336. The Balaban J connectivity index is 1.95. The Bertz CT molecular complexity index is 610. The summed E-state index contributed by atoms with van der Waals surface area (Å²) in [7, 11) is 0. The minimum atomic E-state index is -0.194. The second kappa shape index (κ2) is 5.71. The van der Waals surface area contributed by atoms with Crippen LogP contribution in [-0.2, 0) is 16.0 Å². The molecule has 0 spiro atoms. The molecule has 0 saturated carbocycles. The first kappa shape index (κ1) is 13.2. The topological polar surface area (TPSA) is 52.1 Å². The van der Waals surface area contributed by atoms with E-state index in [9.17, 15) is 4.79 Å². The third kappa shape index (κ3) is 2.45. The molecule has 3 rings (SSSR count). The van der Waals surface area contributed by atoms with Crippen LogP contribution in [0.3, 0.4) is 0 Å². The number of rotatable bonds is 3. The fraction of sp³-hybridized carbons (Fsp3) is 0.400. The van der Waals surface area contributed by atoms with Gasteiger partial charge >= 0.3 is 5.97 Å². The van der Waals surface area contributed by atoms with Crippen LogP contribution in [0.4, 0.5) is 0 Å². The van der Waals surface area contributed by atoms with E-state index in [1.165, 1.54) is 4.88 Å². The molecule has 104 valence electrons. The summed E-state index contributed by atoms with van der Waals surface area (Å²) in [5.41, 5.74) is 1.92. The summed E-state index contributed by atoms with van der Waals surface area (Å²) in [4.78, 5) is 22.1. The van der Waals surface area contributed by atoms with Gasteiger partial charge in [0.1, 0.15) is 10.9 Å². The molecule has 0 N–H and O–H groups in total. The van der Waals surface area contributed by atoms with Gasteiger partial charge in [0.15, 0.2) is 0 Å². The number of nitrogens with zero attached hydrogens (tertiary/aromatic N) is 2. The van der Waals surface area contributed by atoms with Gasteiger partial charge in [0.25, 0.3) is 0 Å². The average Bonchev–Trinajstić information content (AvgIpc) is 2.92. The van der Waals surface area contributed by atoms with Crippen LogP contribution in [0, 0.1) is 0 Å². The second-order valence-electron chi connectivity index (χ2n) is 4.77. The van der Waals surface area contributed by atoms with Gasteiger partial charge < -0.3 is 4.74 Å². The first-order chi connectivity index (χ1) is 9.79. The zero-order valence-corrected chi connectivity index (χ0v) is 12.2. The van der Waals surface area contributed by atoms with Gasteiger partial charge in [-0.1, -0.05) is 0 Å². The van der Waals surface area contributed by atoms with Gasteiger partial charge in [0.05, 0.1) is 12.3 Å². The third-order valence-electron chi connectivity index (χ3n) is 3.43. The lowest BCUT2D eigenvalue weighted by Gasteiger charge is -2.19. The van der Waals surface area contributed by atoms with Crippen LogP contribution in [0.15, 0.2) is 24.5 Å². The highest BCUT2D eigenvalue weighted by Gasteiger charge is 2.31. The number of esters is 1. The average molecular weight is 288 g/mol. The molecule has 2 heterocycles. The van der Waals surface area contributed by atoms with Crippen molar-refractivity contribution in [1.82, 2.24) is 9.97 Å². The van der Waals surface area contributed by atoms with Gasteiger partial charge in [-0.15, -0.1) is 11.3 Å². The number of pyridine rings is 1. The van der Waals surface area contributed by atoms with Gasteiger partial charge in [-0.3, -0.25) is 9.78 Å². The van der Waals surface area contributed by atoms with Crippen molar-refractivity contribution in [3.05, 3.63) is 35.1 Å². The number of ether oxygens (including phenoxy) is 1. The normalized spacial score (nSPS) is 17.6. The Kier molecular flexibility index (Phi) is 3.78. The van der Waals surface area contributed by atoms with E-state index in [1.54, 1.807) is 17.5 Å². The summed E-state index contributed by atoms with van der Waals surface area (Å²) in [6, 6.07) is 3.90. The van der Waals surface area contributed by atoms with Gasteiger partial charge in [0.2, 0.25) is 0 Å². The number of thiazole rings is 1. The minimum Gasteiger partial charge on any atom is -0.465 e. The van der Waals surface area contributed by atoms with Crippen LogP contribution in [0.2, 0.25) is 0 Å². The highest BCUT2D eigenvalue weighted by atomic mass is 32.1. The minimum absolute atomic E-state index is 0.142. The lowest BCUT2D eigenvalue weighted by molar-refractivity contribution is -0.145. The molecule has 0 bridgehead atoms. The van der Waals surface area contributed by atoms with E-state index < -0.39 is 0 Å². The molecule has 0 radical (unpaired) electrons. The maximum atomic E-state index is 12.0. The van der Waals surface area contributed by atoms with Crippen molar-refractivity contribution in [2.24, 2.45) is 0 Å². The zero-order chi connectivity index (χ0) is 13.9. The molecule has 1 atom stereocenters. The Morgan fingerprint density at radius 2 is 2.45 bits per heavy atom. The number of aromatic nitrogens is 2. The molecule has 4 nitrogen and oxygen atoms in total. The number of hydrogen-bond acceptors (Lipinski definition) is 5. The van der Waals surface area contributed by atoms with Crippen molar-refractivity contribution in [2.75, 3.05) is 6.61 Å². The van der Waals surface area contributed by atoms with E-state index >= 15 is 0 Å². The first-order valence-electron chi connectivity index (χ1n) is 6.86. The van der Waals surface area contributed by atoms with E-state index in [0.29, 0.717) is 6.61 Å². The summed E-state index contributed by atoms with van der Waals surface area (Å²) >= 11 is 1.67. The number of hydrogen-bond donors (Lipinski definition) is 0. The highest BCUT2D eigenvalue weighted by Crippen LogP contribution is 2.38. The predicted octanol–water partition coefficient (Wildman–Crippen LogP) is 3.19. The molecular formula is C15H16N2O2S. The molecule has 20 heavy (non-hydrogen) atoms. The molecule has 0 fully saturated rings. The van der Waals surface area contributed by atoms with Gasteiger partial charge in [0, 0.05) is 22.8 Å². The molecule has 2 aromatic rings. The van der Waals surface area contributed by atoms with E-state index in [2.05, 4.69) is 9.97 Å².